The van der Waals surface area contributed by atoms with Crippen molar-refractivity contribution < 1.29 is 0 Å². The summed E-state index contributed by atoms with van der Waals surface area (Å²) in [6.45, 7) is 9.21. The van der Waals surface area contributed by atoms with Crippen LogP contribution in [-0.2, 0) is 0 Å². The Hall–Kier alpha value is -2.05. The normalized spacial score (nSPS) is 16.6. The molecule has 0 unspecified atom stereocenters. The molecule has 1 aliphatic heterocycles. The van der Waals surface area contributed by atoms with Crippen LogP contribution in [0.5, 0.6) is 0 Å². The van der Waals surface area contributed by atoms with E-state index in [1.54, 1.807) is 0 Å². The second-order valence-corrected chi connectivity index (χ2v) is 4.79. The SMILES string of the molecule is [C-]#[N+]c1ccc2[nH]cc(C3=CCN(C)CC3)c2c1. The van der Waals surface area contributed by atoms with E-state index in [1.807, 2.05) is 18.2 Å². The van der Waals surface area contributed by atoms with E-state index in [0.717, 1.165) is 25.0 Å². The van der Waals surface area contributed by atoms with Gasteiger partial charge in [-0.2, -0.15) is 0 Å². The van der Waals surface area contributed by atoms with Gasteiger partial charge in [0.05, 0.1) is 6.57 Å². The van der Waals surface area contributed by atoms with Gasteiger partial charge in [-0.1, -0.05) is 12.1 Å². The second-order valence-electron chi connectivity index (χ2n) is 4.79. The topological polar surface area (TPSA) is 23.4 Å². The fourth-order valence-electron chi connectivity index (χ4n) is 2.46. The van der Waals surface area contributed by atoms with E-state index in [1.165, 1.54) is 16.5 Å². The maximum atomic E-state index is 7.11. The Morgan fingerprint density at radius 1 is 1.39 bits per heavy atom. The van der Waals surface area contributed by atoms with Crippen LogP contribution in [0.4, 0.5) is 5.69 Å². The van der Waals surface area contributed by atoms with Crippen LogP contribution in [0.25, 0.3) is 21.3 Å². The molecule has 2 heterocycles. The van der Waals surface area contributed by atoms with Crippen LogP contribution in [0.3, 0.4) is 0 Å². The number of nitrogens with one attached hydrogen (secondary N) is 1. The first kappa shape index (κ1) is 11.1. The van der Waals surface area contributed by atoms with Crippen LogP contribution in [0.2, 0.25) is 0 Å². The van der Waals surface area contributed by atoms with Gasteiger partial charge in [0.1, 0.15) is 0 Å². The summed E-state index contributed by atoms with van der Waals surface area (Å²) in [5.41, 5.74) is 4.46. The largest absolute Gasteiger partial charge is 0.361 e. The molecule has 1 aromatic heterocycles. The summed E-state index contributed by atoms with van der Waals surface area (Å²) in [5.74, 6) is 0. The maximum Gasteiger partial charge on any atom is 0.188 e. The van der Waals surface area contributed by atoms with Crippen LogP contribution in [0, 0.1) is 6.57 Å². The molecule has 0 aliphatic carbocycles. The van der Waals surface area contributed by atoms with Gasteiger partial charge >= 0.3 is 0 Å². The van der Waals surface area contributed by atoms with Crippen molar-refractivity contribution in [1.29, 1.82) is 0 Å². The number of benzene rings is 1. The van der Waals surface area contributed by atoms with Gasteiger partial charge in [0.15, 0.2) is 5.69 Å². The van der Waals surface area contributed by atoms with Crippen molar-refractivity contribution in [2.24, 2.45) is 0 Å². The molecular weight excluding hydrogens is 222 g/mol. The maximum absolute atomic E-state index is 7.11. The highest BCUT2D eigenvalue weighted by Gasteiger charge is 2.13. The number of aromatic nitrogens is 1. The minimum Gasteiger partial charge on any atom is -0.361 e. The van der Waals surface area contributed by atoms with Crippen molar-refractivity contribution in [3.8, 4) is 0 Å². The monoisotopic (exact) mass is 237 g/mol. The van der Waals surface area contributed by atoms with Crippen LogP contribution >= 0.6 is 0 Å². The lowest BCUT2D eigenvalue weighted by atomic mass is 9.99. The summed E-state index contributed by atoms with van der Waals surface area (Å²) in [6.07, 6.45) is 5.43. The Bertz CT molecular complexity index is 658. The molecule has 0 saturated carbocycles. The van der Waals surface area contributed by atoms with Crippen molar-refractivity contribution in [3.63, 3.8) is 0 Å². The van der Waals surface area contributed by atoms with E-state index in [2.05, 4.69) is 34.0 Å². The minimum atomic E-state index is 0.705. The highest BCUT2D eigenvalue weighted by atomic mass is 15.1. The Kier molecular flexibility index (Phi) is 2.66. The second kappa shape index (κ2) is 4.32. The van der Waals surface area contributed by atoms with Crippen molar-refractivity contribution in [3.05, 3.63) is 47.5 Å². The molecule has 1 N–H and O–H groups in total. The molecule has 0 radical (unpaired) electrons. The molecule has 3 heteroatoms. The van der Waals surface area contributed by atoms with Crippen LogP contribution in [-0.4, -0.2) is 30.0 Å². The third-order valence-electron chi connectivity index (χ3n) is 3.55. The molecule has 3 rings (SSSR count). The van der Waals surface area contributed by atoms with Gasteiger partial charge in [-0.3, -0.25) is 0 Å². The van der Waals surface area contributed by atoms with Crippen molar-refractivity contribution >= 4 is 22.2 Å². The molecular formula is C15H15N3. The van der Waals surface area contributed by atoms with Crippen LogP contribution in [0.15, 0.2) is 30.5 Å². The highest BCUT2D eigenvalue weighted by Crippen LogP contribution is 2.31. The molecule has 2 aromatic rings. The Balaban J connectivity index is 2.10. The number of nitrogens with zero attached hydrogens (tertiary/aromatic N) is 2. The standard InChI is InChI=1S/C15H15N3/c1-16-12-3-4-15-13(9-12)14(10-17-15)11-5-7-18(2)8-6-11/h3-5,9-10,17H,6-8H2,2H3. The minimum absolute atomic E-state index is 0.705. The van der Waals surface area contributed by atoms with Crippen LogP contribution in [0.1, 0.15) is 12.0 Å². The molecule has 0 saturated heterocycles. The first-order valence-electron chi connectivity index (χ1n) is 6.14. The molecule has 90 valence electrons. The molecule has 1 aromatic carbocycles. The summed E-state index contributed by atoms with van der Waals surface area (Å²) in [4.78, 5) is 9.11. The molecule has 0 amide bonds. The summed E-state index contributed by atoms with van der Waals surface area (Å²) in [7, 11) is 2.14. The summed E-state index contributed by atoms with van der Waals surface area (Å²) in [6, 6.07) is 5.83. The molecule has 0 fully saturated rings. The zero-order chi connectivity index (χ0) is 12.5. The average Bonchev–Trinajstić information content (AvgIpc) is 2.82. The average molecular weight is 237 g/mol. The predicted molar refractivity (Wildman–Crippen MR) is 74.7 cm³/mol. The quantitative estimate of drug-likeness (QED) is 0.754. The molecule has 18 heavy (non-hydrogen) atoms. The first-order chi connectivity index (χ1) is 8.78. The Morgan fingerprint density at radius 3 is 3.00 bits per heavy atom. The number of rotatable bonds is 1. The molecule has 0 atom stereocenters. The molecule has 1 aliphatic rings. The third kappa shape index (κ3) is 1.81. The van der Waals surface area contributed by atoms with E-state index < -0.39 is 0 Å². The predicted octanol–water partition coefficient (Wildman–Crippen LogP) is 3.44. The third-order valence-corrected chi connectivity index (χ3v) is 3.55. The smallest absolute Gasteiger partial charge is 0.188 e. The fourth-order valence-corrected chi connectivity index (χ4v) is 2.46. The van der Waals surface area contributed by atoms with Gasteiger partial charge < -0.3 is 9.88 Å². The Labute approximate surface area is 107 Å². The molecule has 0 spiro atoms. The Morgan fingerprint density at radius 2 is 2.28 bits per heavy atom. The van der Waals surface area contributed by atoms with Gasteiger partial charge in [-0.15, -0.1) is 0 Å². The van der Waals surface area contributed by atoms with Crippen molar-refractivity contribution in [2.75, 3.05) is 20.1 Å². The van der Waals surface area contributed by atoms with E-state index in [-0.39, 0.29) is 0 Å². The lowest BCUT2D eigenvalue weighted by Crippen LogP contribution is -2.23. The van der Waals surface area contributed by atoms with Gasteiger partial charge in [-0.25, -0.2) is 4.85 Å². The lowest BCUT2D eigenvalue weighted by Gasteiger charge is -2.21. The molecule has 3 nitrogen and oxygen atoms in total. The van der Waals surface area contributed by atoms with E-state index in [9.17, 15) is 0 Å². The number of hydrogen-bond donors (Lipinski definition) is 1. The van der Waals surface area contributed by atoms with Gasteiger partial charge in [-0.05, 0) is 36.6 Å². The zero-order valence-corrected chi connectivity index (χ0v) is 10.4. The van der Waals surface area contributed by atoms with E-state index >= 15 is 0 Å². The van der Waals surface area contributed by atoms with Gasteiger partial charge in [0, 0.05) is 30.4 Å². The van der Waals surface area contributed by atoms with Crippen LogP contribution < -0.4 is 0 Å². The summed E-state index contributed by atoms with van der Waals surface area (Å²) < 4.78 is 0. The highest BCUT2D eigenvalue weighted by molar-refractivity contribution is 5.94. The first-order valence-corrected chi connectivity index (χ1v) is 6.14. The molecule has 0 bridgehead atoms. The number of hydrogen-bond acceptors (Lipinski definition) is 1. The van der Waals surface area contributed by atoms with Crippen molar-refractivity contribution in [1.82, 2.24) is 9.88 Å². The summed E-state index contributed by atoms with van der Waals surface area (Å²) >= 11 is 0. The number of aromatic amines is 1. The fraction of sp³-hybridized carbons (Fsp3) is 0.267. The zero-order valence-electron chi connectivity index (χ0n) is 10.4. The summed E-state index contributed by atoms with van der Waals surface area (Å²) in [5, 5.41) is 1.17. The van der Waals surface area contributed by atoms with Crippen molar-refractivity contribution in [2.45, 2.75) is 6.42 Å². The van der Waals surface area contributed by atoms with E-state index in [0.29, 0.717) is 5.69 Å². The van der Waals surface area contributed by atoms with Gasteiger partial charge in [0.25, 0.3) is 0 Å². The number of likely N-dealkylation sites (N-methyl/N-ethyl adjacent to an activating group) is 1. The lowest BCUT2D eigenvalue weighted by molar-refractivity contribution is 0.370. The van der Waals surface area contributed by atoms with E-state index in [4.69, 9.17) is 6.57 Å². The number of H-pyrrole nitrogens is 1. The van der Waals surface area contributed by atoms with Gasteiger partial charge in [0.2, 0.25) is 0 Å². The number of fused-ring (bicyclic) bond motifs is 1.